The van der Waals surface area contributed by atoms with Crippen LogP contribution in [0.5, 0.6) is 0 Å². The molecule has 1 unspecified atom stereocenters. The van der Waals surface area contributed by atoms with Gasteiger partial charge in [0.15, 0.2) is 0 Å². The number of hydrogen-bond acceptors (Lipinski definition) is 3. The molecule has 3 N–H and O–H groups in total. The molecule has 0 aliphatic carbocycles. The Kier molecular flexibility index (Phi) is 4.77. The Balaban J connectivity index is 2.84. The van der Waals surface area contributed by atoms with Gasteiger partial charge >= 0.3 is 0 Å². The summed E-state index contributed by atoms with van der Waals surface area (Å²) in [5, 5.41) is 9.47. The lowest BCUT2D eigenvalue weighted by atomic mass is 10.1. The molecule has 0 aliphatic rings. The fourth-order valence-corrected chi connectivity index (χ4v) is 1.72. The van der Waals surface area contributed by atoms with E-state index in [1.54, 1.807) is 0 Å². The molecule has 16 heavy (non-hydrogen) atoms. The average molecular weight is 222 g/mol. The van der Waals surface area contributed by atoms with Gasteiger partial charge in [-0.3, -0.25) is 0 Å². The summed E-state index contributed by atoms with van der Waals surface area (Å²) >= 11 is 0. The minimum atomic E-state index is -0.323. The molecular formula is C13H22N2O. The maximum Gasteiger partial charge on any atom is 0.0687 e. The van der Waals surface area contributed by atoms with E-state index in [0.717, 1.165) is 11.3 Å². The zero-order valence-corrected chi connectivity index (χ0v) is 10.4. The minimum absolute atomic E-state index is 0.323. The van der Waals surface area contributed by atoms with Crippen LogP contribution in [0.15, 0.2) is 24.3 Å². The van der Waals surface area contributed by atoms with Crippen molar-refractivity contribution in [3.63, 3.8) is 0 Å². The van der Waals surface area contributed by atoms with Gasteiger partial charge in [-0.2, -0.15) is 0 Å². The first-order valence-electron chi connectivity index (χ1n) is 5.78. The van der Waals surface area contributed by atoms with Crippen molar-refractivity contribution in [2.75, 3.05) is 11.4 Å². The normalized spacial score (nSPS) is 12.9. The third-order valence-electron chi connectivity index (χ3n) is 2.59. The number of anilines is 1. The predicted octanol–water partition coefficient (Wildman–Crippen LogP) is 1.74. The van der Waals surface area contributed by atoms with Crippen LogP contribution in [0.1, 0.15) is 26.3 Å². The number of rotatable bonds is 5. The molecule has 1 aromatic rings. The minimum Gasteiger partial charge on any atom is -0.392 e. The van der Waals surface area contributed by atoms with Crippen molar-refractivity contribution in [1.82, 2.24) is 0 Å². The van der Waals surface area contributed by atoms with E-state index in [9.17, 15) is 5.11 Å². The van der Waals surface area contributed by atoms with Crippen LogP contribution in [-0.4, -0.2) is 23.8 Å². The highest BCUT2D eigenvalue weighted by molar-refractivity contribution is 5.48. The number of nitrogens with zero attached hydrogens (tertiary/aromatic N) is 1. The second kappa shape index (κ2) is 5.87. The summed E-state index contributed by atoms with van der Waals surface area (Å²) < 4.78 is 0. The van der Waals surface area contributed by atoms with Crippen LogP contribution in [0.3, 0.4) is 0 Å². The lowest BCUT2D eigenvalue weighted by Gasteiger charge is -2.30. The molecule has 0 aliphatic heterocycles. The molecule has 1 aromatic carbocycles. The summed E-state index contributed by atoms with van der Waals surface area (Å²) in [6.07, 6.45) is -0.323. The van der Waals surface area contributed by atoms with Crippen LogP contribution in [0.4, 0.5) is 5.69 Å². The maximum absolute atomic E-state index is 9.47. The summed E-state index contributed by atoms with van der Waals surface area (Å²) in [6.45, 7) is 7.28. The standard InChI is InChI=1S/C13H22N2O/c1-10(2)15(9-11(3)16)13-6-4-12(8-14)5-7-13/h4-7,10-11,16H,8-9,14H2,1-3H3. The SMILES string of the molecule is CC(O)CN(c1ccc(CN)cc1)C(C)C. The molecule has 90 valence electrons. The van der Waals surface area contributed by atoms with Gasteiger partial charge in [0.1, 0.15) is 0 Å². The largest absolute Gasteiger partial charge is 0.392 e. The second-order valence-electron chi connectivity index (χ2n) is 4.47. The predicted molar refractivity (Wildman–Crippen MR) is 68.5 cm³/mol. The van der Waals surface area contributed by atoms with Gasteiger partial charge in [-0.05, 0) is 38.5 Å². The Hall–Kier alpha value is -1.06. The van der Waals surface area contributed by atoms with Gasteiger partial charge in [0, 0.05) is 24.8 Å². The van der Waals surface area contributed by atoms with Crippen molar-refractivity contribution in [1.29, 1.82) is 0 Å². The van der Waals surface area contributed by atoms with Crippen LogP contribution in [0, 0.1) is 0 Å². The van der Waals surface area contributed by atoms with E-state index >= 15 is 0 Å². The van der Waals surface area contributed by atoms with E-state index in [4.69, 9.17) is 5.73 Å². The molecule has 1 rings (SSSR count). The molecule has 0 spiro atoms. The highest BCUT2D eigenvalue weighted by Gasteiger charge is 2.12. The molecule has 0 fully saturated rings. The Morgan fingerprint density at radius 1 is 1.19 bits per heavy atom. The van der Waals surface area contributed by atoms with E-state index < -0.39 is 0 Å². The van der Waals surface area contributed by atoms with E-state index in [2.05, 4.69) is 30.9 Å². The molecular weight excluding hydrogens is 200 g/mol. The van der Waals surface area contributed by atoms with Gasteiger partial charge in [-0.15, -0.1) is 0 Å². The fraction of sp³-hybridized carbons (Fsp3) is 0.538. The lowest BCUT2D eigenvalue weighted by Crippen LogP contribution is -2.36. The molecule has 3 heteroatoms. The molecule has 0 bridgehead atoms. The van der Waals surface area contributed by atoms with Gasteiger partial charge in [-0.1, -0.05) is 12.1 Å². The molecule has 0 heterocycles. The summed E-state index contributed by atoms with van der Waals surface area (Å²) in [5.74, 6) is 0. The number of aliphatic hydroxyl groups is 1. The molecule has 3 nitrogen and oxygen atoms in total. The molecule has 1 atom stereocenters. The smallest absolute Gasteiger partial charge is 0.0687 e. The maximum atomic E-state index is 9.47. The lowest BCUT2D eigenvalue weighted by molar-refractivity contribution is 0.198. The second-order valence-corrected chi connectivity index (χ2v) is 4.47. The Bertz CT molecular complexity index is 306. The van der Waals surface area contributed by atoms with Crippen LogP contribution in [-0.2, 0) is 6.54 Å². The van der Waals surface area contributed by atoms with E-state index in [1.165, 1.54) is 0 Å². The number of hydrogen-bond donors (Lipinski definition) is 2. The van der Waals surface area contributed by atoms with Crippen molar-refractivity contribution in [2.45, 2.75) is 39.5 Å². The van der Waals surface area contributed by atoms with Crippen molar-refractivity contribution >= 4 is 5.69 Å². The first kappa shape index (κ1) is 13.0. The summed E-state index contributed by atoms with van der Waals surface area (Å²) in [5.41, 5.74) is 7.82. The molecule has 0 saturated heterocycles. The summed E-state index contributed by atoms with van der Waals surface area (Å²) in [6, 6.07) is 8.56. The van der Waals surface area contributed by atoms with Crippen molar-refractivity contribution in [3.05, 3.63) is 29.8 Å². The average Bonchev–Trinajstić information content (AvgIpc) is 2.25. The van der Waals surface area contributed by atoms with Crippen LogP contribution in [0.2, 0.25) is 0 Å². The van der Waals surface area contributed by atoms with E-state index in [1.807, 2.05) is 19.1 Å². The molecule has 0 radical (unpaired) electrons. The number of nitrogens with two attached hydrogens (primary N) is 1. The molecule has 0 aromatic heterocycles. The quantitative estimate of drug-likeness (QED) is 0.798. The third-order valence-corrected chi connectivity index (χ3v) is 2.59. The Morgan fingerprint density at radius 2 is 1.75 bits per heavy atom. The highest BCUT2D eigenvalue weighted by atomic mass is 16.3. The van der Waals surface area contributed by atoms with Gasteiger partial charge in [0.05, 0.1) is 6.10 Å². The van der Waals surface area contributed by atoms with Crippen LogP contribution < -0.4 is 10.6 Å². The monoisotopic (exact) mass is 222 g/mol. The first-order chi connectivity index (χ1) is 7.54. The molecule has 0 saturated carbocycles. The van der Waals surface area contributed by atoms with Gasteiger partial charge < -0.3 is 15.7 Å². The zero-order chi connectivity index (χ0) is 12.1. The summed E-state index contributed by atoms with van der Waals surface area (Å²) in [4.78, 5) is 2.19. The first-order valence-corrected chi connectivity index (χ1v) is 5.78. The summed E-state index contributed by atoms with van der Waals surface area (Å²) in [7, 11) is 0. The molecule has 0 amide bonds. The van der Waals surface area contributed by atoms with Crippen LogP contribution in [0.25, 0.3) is 0 Å². The van der Waals surface area contributed by atoms with E-state index in [-0.39, 0.29) is 6.10 Å². The number of aliphatic hydroxyl groups excluding tert-OH is 1. The zero-order valence-electron chi connectivity index (χ0n) is 10.4. The van der Waals surface area contributed by atoms with Crippen molar-refractivity contribution in [3.8, 4) is 0 Å². The number of benzene rings is 1. The van der Waals surface area contributed by atoms with Gasteiger partial charge in [0.2, 0.25) is 0 Å². The van der Waals surface area contributed by atoms with Gasteiger partial charge in [-0.25, -0.2) is 0 Å². The Labute approximate surface area is 97.9 Å². The Morgan fingerprint density at radius 3 is 2.12 bits per heavy atom. The highest BCUT2D eigenvalue weighted by Crippen LogP contribution is 2.18. The van der Waals surface area contributed by atoms with Crippen LogP contribution >= 0.6 is 0 Å². The van der Waals surface area contributed by atoms with Gasteiger partial charge in [0.25, 0.3) is 0 Å². The van der Waals surface area contributed by atoms with Crippen molar-refractivity contribution < 1.29 is 5.11 Å². The van der Waals surface area contributed by atoms with Crippen molar-refractivity contribution in [2.24, 2.45) is 5.73 Å². The third kappa shape index (κ3) is 3.51. The van der Waals surface area contributed by atoms with E-state index in [0.29, 0.717) is 19.1 Å². The topological polar surface area (TPSA) is 49.5 Å². The fourth-order valence-electron chi connectivity index (χ4n) is 1.72.